The van der Waals surface area contributed by atoms with Gasteiger partial charge in [0.2, 0.25) is 0 Å². The van der Waals surface area contributed by atoms with Gasteiger partial charge in [0.1, 0.15) is 0 Å². The van der Waals surface area contributed by atoms with Gasteiger partial charge in [0.25, 0.3) is 20.2 Å². The summed E-state index contributed by atoms with van der Waals surface area (Å²) in [7, 11) is -9.66. The zero-order chi connectivity index (χ0) is 48.2. The normalized spacial score (nSPS) is 12.2. The van der Waals surface area contributed by atoms with Crippen LogP contribution >= 0.6 is 0 Å². The van der Waals surface area contributed by atoms with E-state index < -0.39 is 67.5 Å². The second-order valence-corrected chi connectivity index (χ2v) is 20.7. The number of quaternary nitrogens is 2. The number of esters is 2. The number of carboxylic acids is 2. The zero-order valence-electron chi connectivity index (χ0n) is 42.0. The van der Waals surface area contributed by atoms with Gasteiger partial charge in [0.05, 0.1) is 13.2 Å². The van der Waals surface area contributed by atoms with Gasteiger partial charge in [-0.15, -0.1) is 0 Å². The third kappa shape index (κ3) is 49.5. The molecule has 16 nitrogen and oxygen atoms in total. The number of carbonyl (C=O) groups is 4. The van der Waals surface area contributed by atoms with Crippen LogP contribution < -0.4 is 22.5 Å². The molecule has 0 fully saturated rings. The van der Waals surface area contributed by atoms with E-state index in [9.17, 15) is 46.2 Å². The minimum atomic E-state index is -4.83. The molecular weight excluding hydrogens is 893 g/mol. The highest BCUT2D eigenvalue weighted by Gasteiger charge is 2.33. The number of carboxylic acid groups (broad SMARTS) is 2. The third-order valence-electron chi connectivity index (χ3n) is 11.4. The Balaban J connectivity index is -0.000000565. The van der Waals surface area contributed by atoms with Crippen molar-refractivity contribution in [3.63, 3.8) is 0 Å². The maximum Gasteiger partial charge on any atom is 0.327 e. The zero-order valence-corrected chi connectivity index (χ0v) is 43.7. The van der Waals surface area contributed by atoms with Crippen LogP contribution in [0.3, 0.4) is 0 Å². The number of hydrogen-bond acceptors (Lipinski definition) is 12. The molecule has 66 heavy (non-hydrogen) atoms. The lowest BCUT2D eigenvalue weighted by atomic mass is 10.0. The Kier molecular flexibility index (Phi) is 52.2. The molecule has 0 aliphatic heterocycles. The number of carbonyl (C=O) groups excluding carboxylic acids is 4. The molecule has 0 spiro atoms. The van der Waals surface area contributed by atoms with E-state index in [2.05, 4.69) is 13.8 Å². The molecule has 0 saturated heterocycles. The van der Waals surface area contributed by atoms with Crippen LogP contribution in [-0.2, 0) is 48.9 Å². The first-order valence-corrected chi connectivity index (χ1v) is 28.2. The summed E-state index contributed by atoms with van der Waals surface area (Å²) in [5.41, 5.74) is 0. The number of ether oxygens (including phenoxy) is 2. The van der Waals surface area contributed by atoms with Crippen molar-refractivity contribution in [3.05, 3.63) is 0 Å². The van der Waals surface area contributed by atoms with Gasteiger partial charge >= 0.3 is 11.9 Å². The Hall–Kier alpha value is -2.38. The van der Waals surface area contributed by atoms with E-state index in [1.54, 1.807) is 0 Å². The Morgan fingerprint density at radius 1 is 0.364 bits per heavy atom. The minimum Gasteiger partial charge on any atom is -0.550 e. The Labute approximate surface area is 401 Å². The quantitative estimate of drug-likeness (QED) is 0.0250. The van der Waals surface area contributed by atoms with Gasteiger partial charge in [-0.1, -0.05) is 232 Å². The van der Waals surface area contributed by atoms with Crippen LogP contribution in [0.15, 0.2) is 0 Å². The first-order valence-electron chi connectivity index (χ1n) is 25.2. The Morgan fingerprint density at radius 3 is 0.682 bits per heavy atom. The van der Waals surface area contributed by atoms with E-state index in [-0.39, 0.29) is 25.5 Å². The van der Waals surface area contributed by atoms with Gasteiger partial charge in [-0.05, 0) is 12.8 Å². The van der Waals surface area contributed by atoms with Crippen LogP contribution in [0.4, 0.5) is 0 Å². The monoisotopic (exact) mass is 991 g/mol. The molecule has 0 heterocycles. The molecule has 18 heteroatoms. The molecule has 0 saturated carbocycles. The number of unbranched alkanes of at least 4 members (excludes halogenated alkanes) is 34. The largest absolute Gasteiger partial charge is 0.550 e. The van der Waals surface area contributed by atoms with E-state index in [0.29, 0.717) is 12.8 Å². The molecule has 0 aromatic heterocycles. The van der Waals surface area contributed by atoms with Crippen molar-refractivity contribution in [1.29, 1.82) is 0 Å². The van der Waals surface area contributed by atoms with Crippen LogP contribution in [-0.4, -0.2) is 73.5 Å². The lowest BCUT2D eigenvalue weighted by Gasteiger charge is -2.13. The Bertz CT molecular complexity index is 1260. The summed E-state index contributed by atoms with van der Waals surface area (Å²) in [6, 6.07) is 0. The van der Waals surface area contributed by atoms with Crippen LogP contribution in [0.1, 0.15) is 258 Å². The van der Waals surface area contributed by atoms with Crippen molar-refractivity contribution in [3.8, 4) is 0 Å². The summed E-state index contributed by atoms with van der Waals surface area (Å²) in [4.78, 5) is 44.3. The van der Waals surface area contributed by atoms with Crippen molar-refractivity contribution < 1.29 is 64.8 Å². The van der Waals surface area contributed by atoms with Gasteiger partial charge in [-0.25, -0.2) is 0 Å². The SMILES string of the molecule is CCCCCCCCCCCCCCCCCCCCOC(=O)C(CC(=O)[O-])S(=O)(=O)O.CCCCCCCCCCCCCCCCCCCCOC(=O)C(CC(=O)[O-])S(=O)(=O)O.[NH4+].[NH4+]. The number of aliphatic carboxylic acids is 2. The summed E-state index contributed by atoms with van der Waals surface area (Å²) in [6.07, 6.45) is 42.4. The maximum absolute atomic E-state index is 11.7. The summed E-state index contributed by atoms with van der Waals surface area (Å²) < 4.78 is 71.7. The van der Waals surface area contributed by atoms with Crippen molar-refractivity contribution in [2.75, 3.05) is 13.2 Å². The summed E-state index contributed by atoms with van der Waals surface area (Å²) in [5, 5.41) is 16.8. The smallest absolute Gasteiger partial charge is 0.327 e. The molecule has 396 valence electrons. The molecule has 0 aliphatic rings. The highest BCUT2D eigenvalue weighted by atomic mass is 32.2. The van der Waals surface area contributed by atoms with Crippen molar-refractivity contribution in [2.24, 2.45) is 0 Å². The fourth-order valence-corrected chi connectivity index (χ4v) is 8.78. The van der Waals surface area contributed by atoms with Gasteiger partial charge in [-0.2, -0.15) is 16.8 Å². The van der Waals surface area contributed by atoms with Crippen LogP contribution in [0, 0.1) is 0 Å². The highest BCUT2D eigenvalue weighted by Crippen LogP contribution is 2.17. The van der Waals surface area contributed by atoms with Gasteiger partial charge in [0, 0.05) is 24.8 Å². The molecule has 0 aromatic rings. The molecule has 0 radical (unpaired) electrons. The predicted molar refractivity (Wildman–Crippen MR) is 261 cm³/mol. The summed E-state index contributed by atoms with van der Waals surface area (Å²) in [6.45, 7) is 4.53. The van der Waals surface area contributed by atoms with Gasteiger partial charge in [0.15, 0.2) is 10.5 Å². The lowest BCUT2D eigenvalue weighted by molar-refractivity contribution is -0.307. The van der Waals surface area contributed by atoms with E-state index in [4.69, 9.17) is 18.6 Å². The van der Waals surface area contributed by atoms with Crippen LogP contribution in [0.25, 0.3) is 0 Å². The van der Waals surface area contributed by atoms with Crippen molar-refractivity contribution in [2.45, 2.75) is 268 Å². The van der Waals surface area contributed by atoms with E-state index >= 15 is 0 Å². The molecular formula is C48H98N2O14S2. The molecule has 0 bridgehead atoms. The molecule has 0 amide bonds. The molecule has 2 unspecified atom stereocenters. The number of hydrogen-bond donors (Lipinski definition) is 4. The Morgan fingerprint density at radius 2 is 0.530 bits per heavy atom. The van der Waals surface area contributed by atoms with Crippen molar-refractivity contribution >= 4 is 44.1 Å². The second kappa shape index (κ2) is 49.1. The van der Waals surface area contributed by atoms with Gasteiger partial charge < -0.3 is 41.6 Å². The molecule has 2 atom stereocenters. The topological polar surface area (TPSA) is 315 Å². The molecule has 0 rings (SSSR count). The predicted octanol–water partition coefficient (Wildman–Crippen LogP) is 10.7. The summed E-state index contributed by atoms with van der Waals surface area (Å²) >= 11 is 0. The molecule has 0 aliphatic carbocycles. The average molecular weight is 991 g/mol. The second-order valence-electron chi connectivity index (χ2n) is 17.5. The van der Waals surface area contributed by atoms with E-state index in [1.807, 2.05) is 0 Å². The standard InChI is InChI=1S/2C24H46O7S.2H3N/c2*1-2-3-4-5-6-7-8-9-10-11-12-13-14-15-16-17-18-19-20-31-24(27)22(21-23(25)26)32(28,29)30;;/h2*22H,2-21H2,1H3,(H,25,26)(H,28,29,30);2*1H3. The maximum atomic E-state index is 11.7. The average Bonchev–Trinajstić information content (AvgIpc) is 3.22. The van der Waals surface area contributed by atoms with E-state index in [0.717, 1.165) is 38.5 Å². The fraction of sp³-hybridized carbons (Fsp3) is 0.917. The van der Waals surface area contributed by atoms with E-state index in [1.165, 1.54) is 180 Å². The summed E-state index contributed by atoms with van der Waals surface area (Å²) in [5.74, 6) is -5.97. The fourth-order valence-electron chi connectivity index (χ4n) is 7.46. The first-order chi connectivity index (χ1) is 30.6. The first kappa shape index (κ1) is 70.2. The number of rotatable bonds is 46. The van der Waals surface area contributed by atoms with Crippen molar-refractivity contribution in [1.82, 2.24) is 12.3 Å². The lowest BCUT2D eigenvalue weighted by Crippen LogP contribution is -2.38. The van der Waals surface area contributed by atoms with Gasteiger partial charge in [-0.3, -0.25) is 18.7 Å². The molecule has 10 N–H and O–H groups in total. The molecule has 0 aromatic carbocycles. The third-order valence-corrected chi connectivity index (χ3v) is 13.6. The minimum absolute atomic E-state index is 0. The highest BCUT2D eigenvalue weighted by molar-refractivity contribution is 7.87. The van der Waals surface area contributed by atoms with Crippen LogP contribution in [0.5, 0.6) is 0 Å². The van der Waals surface area contributed by atoms with Crippen LogP contribution in [0.2, 0.25) is 0 Å².